The van der Waals surface area contributed by atoms with Crippen molar-refractivity contribution in [3.05, 3.63) is 54.1 Å². The standard InChI is InChI=1S/C18H12FN3O4/c1-25-13-6-11-14(7-12(13)17-20-8-21-22-17)26-16(15(11)18(23)24)9-2-4-10(19)5-3-9/h2-8H,1H3,(H,23,24)(H,20,21,22). The van der Waals surface area contributed by atoms with E-state index in [-0.39, 0.29) is 11.3 Å². The summed E-state index contributed by atoms with van der Waals surface area (Å²) in [6.45, 7) is 0. The fourth-order valence-corrected chi connectivity index (χ4v) is 2.83. The minimum absolute atomic E-state index is 0.0194. The summed E-state index contributed by atoms with van der Waals surface area (Å²) in [5.74, 6) is -0.554. The van der Waals surface area contributed by atoms with Crippen LogP contribution in [0.4, 0.5) is 4.39 Å². The van der Waals surface area contributed by atoms with Crippen LogP contribution in [0.5, 0.6) is 5.75 Å². The SMILES string of the molecule is COc1cc2c(C(=O)O)c(-c3ccc(F)cc3)oc2cc1-c1ncn[nH]1. The van der Waals surface area contributed by atoms with E-state index in [0.717, 1.165) is 0 Å². The summed E-state index contributed by atoms with van der Waals surface area (Å²) in [6, 6.07) is 8.63. The summed E-state index contributed by atoms with van der Waals surface area (Å²) in [5, 5.41) is 16.6. The van der Waals surface area contributed by atoms with E-state index in [2.05, 4.69) is 15.2 Å². The molecule has 4 aromatic rings. The second-order valence-corrected chi connectivity index (χ2v) is 5.50. The summed E-state index contributed by atoms with van der Waals surface area (Å²) in [6.07, 6.45) is 1.35. The van der Waals surface area contributed by atoms with Gasteiger partial charge in [0, 0.05) is 10.9 Å². The number of nitrogens with zero attached hydrogens (tertiary/aromatic N) is 2. The molecule has 0 amide bonds. The smallest absolute Gasteiger partial charge is 0.340 e. The van der Waals surface area contributed by atoms with Crippen LogP contribution in [0.3, 0.4) is 0 Å². The molecule has 0 saturated carbocycles. The number of aromatic amines is 1. The molecule has 0 fully saturated rings. The van der Waals surface area contributed by atoms with E-state index in [0.29, 0.717) is 33.7 Å². The van der Waals surface area contributed by atoms with Crippen molar-refractivity contribution in [1.82, 2.24) is 15.2 Å². The number of nitrogens with one attached hydrogen (secondary N) is 1. The number of carboxylic acid groups (broad SMARTS) is 1. The van der Waals surface area contributed by atoms with Crippen LogP contribution in [-0.4, -0.2) is 33.4 Å². The van der Waals surface area contributed by atoms with Crippen molar-refractivity contribution in [2.75, 3.05) is 7.11 Å². The minimum atomic E-state index is -1.16. The number of hydrogen-bond donors (Lipinski definition) is 2. The van der Waals surface area contributed by atoms with Gasteiger partial charge >= 0.3 is 5.97 Å². The fraction of sp³-hybridized carbons (Fsp3) is 0.0556. The highest BCUT2D eigenvalue weighted by atomic mass is 19.1. The molecule has 2 aromatic carbocycles. The van der Waals surface area contributed by atoms with Crippen LogP contribution in [0, 0.1) is 5.82 Å². The first-order valence-electron chi connectivity index (χ1n) is 7.58. The van der Waals surface area contributed by atoms with Gasteiger partial charge < -0.3 is 14.3 Å². The Morgan fingerprint density at radius 3 is 2.65 bits per heavy atom. The predicted octanol–water partition coefficient (Wildman–Crippen LogP) is 3.73. The highest BCUT2D eigenvalue weighted by molar-refractivity contribution is 6.09. The Balaban J connectivity index is 2.01. The molecule has 8 heteroatoms. The van der Waals surface area contributed by atoms with Gasteiger partial charge in [-0.15, -0.1) is 0 Å². The second kappa shape index (κ2) is 5.99. The third-order valence-corrected chi connectivity index (χ3v) is 4.00. The molecule has 0 aliphatic heterocycles. The maximum Gasteiger partial charge on any atom is 0.340 e. The Kier molecular flexibility index (Phi) is 3.65. The number of ether oxygens (including phenoxy) is 1. The predicted molar refractivity (Wildman–Crippen MR) is 90.5 cm³/mol. The number of carbonyl (C=O) groups is 1. The molecule has 2 aromatic heterocycles. The van der Waals surface area contributed by atoms with E-state index in [9.17, 15) is 14.3 Å². The quantitative estimate of drug-likeness (QED) is 0.580. The molecule has 0 radical (unpaired) electrons. The highest BCUT2D eigenvalue weighted by Gasteiger charge is 2.24. The van der Waals surface area contributed by atoms with Gasteiger partial charge in [-0.05, 0) is 36.4 Å². The van der Waals surface area contributed by atoms with Crippen LogP contribution in [0.2, 0.25) is 0 Å². The first-order valence-corrected chi connectivity index (χ1v) is 7.58. The molecule has 2 N–H and O–H groups in total. The van der Waals surface area contributed by atoms with Crippen molar-refractivity contribution >= 4 is 16.9 Å². The lowest BCUT2D eigenvalue weighted by Gasteiger charge is -2.06. The average molecular weight is 353 g/mol. The molecular weight excluding hydrogens is 341 g/mol. The lowest BCUT2D eigenvalue weighted by molar-refractivity contribution is 0.0699. The van der Waals surface area contributed by atoms with E-state index in [4.69, 9.17) is 9.15 Å². The first kappa shape index (κ1) is 15.8. The van der Waals surface area contributed by atoms with Crippen LogP contribution < -0.4 is 4.74 Å². The number of aromatic carboxylic acids is 1. The Labute approximate surface area is 146 Å². The van der Waals surface area contributed by atoms with Gasteiger partial charge in [0.2, 0.25) is 0 Å². The third kappa shape index (κ3) is 2.48. The first-order chi connectivity index (χ1) is 12.6. The van der Waals surface area contributed by atoms with Crippen LogP contribution in [0.25, 0.3) is 33.7 Å². The lowest BCUT2D eigenvalue weighted by atomic mass is 10.0. The minimum Gasteiger partial charge on any atom is -0.496 e. The monoisotopic (exact) mass is 353 g/mol. The maximum atomic E-state index is 13.2. The van der Waals surface area contributed by atoms with Crippen molar-refractivity contribution in [3.8, 4) is 28.5 Å². The summed E-state index contributed by atoms with van der Waals surface area (Å²) >= 11 is 0. The summed E-state index contributed by atoms with van der Waals surface area (Å²) < 4.78 is 24.4. The zero-order valence-corrected chi connectivity index (χ0v) is 13.5. The van der Waals surface area contributed by atoms with Crippen LogP contribution in [0.15, 0.2) is 47.1 Å². The molecule has 0 atom stereocenters. The van der Waals surface area contributed by atoms with Crippen molar-refractivity contribution in [2.45, 2.75) is 0 Å². The Morgan fingerprint density at radius 1 is 1.27 bits per heavy atom. The number of furan rings is 1. The van der Waals surface area contributed by atoms with Crippen molar-refractivity contribution in [1.29, 1.82) is 0 Å². The molecule has 0 spiro atoms. The maximum absolute atomic E-state index is 13.2. The van der Waals surface area contributed by atoms with E-state index in [1.165, 1.54) is 37.7 Å². The summed E-state index contributed by atoms with van der Waals surface area (Å²) in [4.78, 5) is 15.9. The molecular formula is C18H12FN3O4. The van der Waals surface area contributed by atoms with Crippen molar-refractivity contribution in [2.24, 2.45) is 0 Å². The Morgan fingerprint density at radius 2 is 2.04 bits per heavy atom. The van der Waals surface area contributed by atoms with Crippen LogP contribution >= 0.6 is 0 Å². The zero-order valence-electron chi connectivity index (χ0n) is 13.5. The number of benzene rings is 2. The molecule has 0 bridgehead atoms. The van der Waals surface area contributed by atoms with Gasteiger partial charge in [-0.1, -0.05) is 0 Å². The number of aromatic nitrogens is 3. The van der Waals surface area contributed by atoms with E-state index in [1.54, 1.807) is 12.1 Å². The summed E-state index contributed by atoms with van der Waals surface area (Å²) in [7, 11) is 1.47. The van der Waals surface area contributed by atoms with Crippen molar-refractivity contribution < 1.29 is 23.4 Å². The van der Waals surface area contributed by atoms with Gasteiger partial charge in [-0.2, -0.15) is 5.10 Å². The second-order valence-electron chi connectivity index (χ2n) is 5.50. The van der Waals surface area contributed by atoms with Crippen molar-refractivity contribution in [3.63, 3.8) is 0 Å². The summed E-state index contributed by atoms with van der Waals surface area (Å²) in [5.41, 5.74) is 1.36. The van der Waals surface area contributed by atoms with E-state index >= 15 is 0 Å². The molecule has 0 aliphatic carbocycles. The zero-order chi connectivity index (χ0) is 18.3. The van der Waals surface area contributed by atoms with Gasteiger partial charge in [0.25, 0.3) is 0 Å². The van der Waals surface area contributed by atoms with Gasteiger partial charge in [-0.3, -0.25) is 5.10 Å². The van der Waals surface area contributed by atoms with Gasteiger partial charge in [0.05, 0.1) is 12.7 Å². The third-order valence-electron chi connectivity index (χ3n) is 4.00. The van der Waals surface area contributed by atoms with Crippen LogP contribution in [0.1, 0.15) is 10.4 Å². The number of H-pyrrole nitrogens is 1. The lowest BCUT2D eigenvalue weighted by Crippen LogP contribution is -1.98. The van der Waals surface area contributed by atoms with Gasteiger partial charge in [0.15, 0.2) is 5.82 Å². The molecule has 7 nitrogen and oxygen atoms in total. The van der Waals surface area contributed by atoms with E-state index in [1.807, 2.05) is 0 Å². The normalized spacial score (nSPS) is 11.0. The molecule has 4 rings (SSSR count). The molecule has 0 unspecified atom stereocenters. The number of halogens is 1. The number of methoxy groups -OCH3 is 1. The number of carboxylic acids is 1. The number of rotatable bonds is 4. The molecule has 0 aliphatic rings. The number of hydrogen-bond acceptors (Lipinski definition) is 5. The highest BCUT2D eigenvalue weighted by Crippen LogP contribution is 2.39. The molecule has 2 heterocycles. The molecule has 130 valence electrons. The average Bonchev–Trinajstić information content (AvgIpc) is 3.28. The van der Waals surface area contributed by atoms with Gasteiger partial charge in [0.1, 0.15) is 34.8 Å². The molecule has 0 saturated heterocycles. The van der Waals surface area contributed by atoms with E-state index < -0.39 is 11.8 Å². The van der Waals surface area contributed by atoms with Gasteiger partial charge in [-0.25, -0.2) is 14.2 Å². The fourth-order valence-electron chi connectivity index (χ4n) is 2.83. The Bertz CT molecular complexity index is 1100. The molecule has 26 heavy (non-hydrogen) atoms. The Hall–Kier alpha value is -3.68. The number of fused-ring (bicyclic) bond motifs is 1. The largest absolute Gasteiger partial charge is 0.496 e. The topological polar surface area (TPSA) is 101 Å². The van der Waals surface area contributed by atoms with Crippen LogP contribution in [-0.2, 0) is 0 Å².